The van der Waals surface area contributed by atoms with E-state index in [1.165, 1.54) is 28.6 Å². The summed E-state index contributed by atoms with van der Waals surface area (Å²) < 4.78 is 37.6. The Kier molecular flexibility index (Phi) is 7.85. The van der Waals surface area contributed by atoms with Gasteiger partial charge in [-0.15, -0.1) is 0 Å². The minimum atomic E-state index is -3.59. The van der Waals surface area contributed by atoms with Crippen LogP contribution in [-0.2, 0) is 19.6 Å². The summed E-state index contributed by atoms with van der Waals surface area (Å²) in [5.41, 5.74) is 2.76. The third-order valence-electron chi connectivity index (χ3n) is 5.06. The third kappa shape index (κ3) is 5.85. The van der Waals surface area contributed by atoms with Gasteiger partial charge in [0.05, 0.1) is 30.6 Å². The number of carbonyl (C=O) groups excluding carboxylic acids is 1. The molecule has 0 bridgehead atoms. The summed E-state index contributed by atoms with van der Waals surface area (Å²) in [4.78, 5) is 14.6. The lowest BCUT2D eigenvalue weighted by Crippen LogP contribution is -2.40. The topological polar surface area (TPSA) is 99.9 Å². The molecule has 0 N–H and O–H groups in total. The average Bonchev–Trinajstić information content (AvgIpc) is 2.78. The quantitative estimate of drug-likeness (QED) is 0.604. The molecule has 0 unspecified atom stereocenters. The van der Waals surface area contributed by atoms with Crippen molar-refractivity contribution in [1.82, 2.24) is 4.31 Å². The van der Waals surface area contributed by atoms with Crippen LogP contribution in [0.4, 0.5) is 5.69 Å². The van der Waals surface area contributed by atoms with Gasteiger partial charge >= 0.3 is 0 Å². The van der Waals surface area contributed by atoms with Crippen LogP contribution < -0.4 is 9.64 Å². The van der Waals surface area contributed by atoms with Crippen molar-refractivity contribution in [2.45, 2.75) is 25.2 Å². The van der Waals surface area contributed by atoms with Crippen LogP contribution in [0.25, 0.3) is 0 Å². The number of rotatable bonds is 8. The highest BCUT2D eigenvalue weighted by Crippen LogP contribution is 2.22. The highest BCUT2D eigenvalue weighted by Gasteiger charge is 2.26. The minimum absolute atomic E-state index is 0.170. The Morgan fingerprint density at radius 2 is 1.75 bits per heavy atom. The van der Waals surface area contributed by atoms with E-state index < -0.39 is 10.0 Å². The number of ether oxygens (including phenoxy) is 2. The predicted molar refractivity (Wildman–Crippen MR) is 120 cm³/mol. The maximum absolute atomic E-state index is 12.9. The highest BCUT2D eigenvalue weighted by atomic mass is 32.2. The molecule has 0 radical (unpaired) electrons. The molecule has 3 rings (SSSR count). The molecule has 0 atom stereocenters. The van der Waals surface area contributed by atoms with Crippen LogP contribution in [0.5, 0.6) is 5.75 Å². The zero-order valence-corrected chi connectivity index (χ0v) is 19.1. The lowest BCUT2D eigenvalue weighted by Gasteiger charge is -2.26. The number of nitrogens with zero attached hydrogens (tertiary/aromatic N) is 3. The summed E-state index contributed by atoms with van der Waals surface area (Å²) in [5, 5.41) is 8.97. The summed E-state index contributed by atoms with van der Waals surface area (Å²) in [5.74, 6) is 0.107. The molecule has 1 amide bonds. The fourth-order valence-electron chi connectivity index (χ4n) is 3.53. The maximum atomic E-state index is 12.9. The van der Waals surface area contributed by atoms with Crippen molar-refractivity contribution in [1.29, 1.82) is 5.26 Å². The van der Waals surface area contributed by atoms with Gasteiger partial charge in [0.2, 0.25) is 10.0 Å². The molecule has 1 aliphatic rings. The number of benzene rings is 2. The molecule has 1 heterocycles. The van der Waals surface area contributed by atoms with Crippen LogP contribution in [0, 0.1) is 25.2 Å². The third-order valence-corrected chi connectivity index (χ3v) is 6.97. The maximum Gasteiger partial charge on any atom is 0.264 e. The number of hydrogen-bond donors (Lipinski definition) is 0. The van der Waals surface area contributed by atoms with Gasteiger partial charge in [0.25, 0.3) is 5.91 Å². The van der Waals surface area contributed by atoms with Crippen LogP contribution in [0.2, 0.25) is 0 Å². The lowest BCUT2D eigenvalue weighted by atomic mass is 10.1. The van der Waals surface area contributed by atoms with Gasteiger partial charge in [-0.3, -0.25) is 4.79 Å². The van der Waals surface area contributed by atoms with Gasteiger partial charge in [-0.2, -0.15) is 9.57 Å². The Bertz CT molecular complexity index is 1070. The number of amides is 1. The first-order chi connectivity index (χ1) is 15.3. The number of morpholine rings is 1. The molecule has 0 aliphatic carbocycles. The SMILES string of the molecule is Cc1cc(C)cc(N(CCC#N)C(=O)COc2ccc(S(=O)(=O)N3CCOCC3)cc2)c1. The van der Waals surface area contributed by atoms with E-state index in [2.05, 4.69) is 6.07 Å². The van der Waals surface area contributed by atoms with Gasteiger partial charge in [-0.05, 0) is 61.4 Å². The summed E-state index contributed by atoms with van der Waals surface area (Å²) in [7, 11) is -3.59. The molecular weight excluding hydrogens is 430 g/mol. The number of anilines is 1. The largest absolute Gasteiger partial charge is 0.484 e. The van der Waals surface area contributed by atoms with Gasteiger partial charge in [0.1, 0.15) is 5.75 Å². The molecule has 1 fully saturated rings. The number of hydrogen-bond acceptors (Lipinski definition) is 6. The van der Waals surface area contributed by atoms with Crippen molar-refractivity contribution in [3.8, 4) is 11.8 Å². The summed E-state index contributed by atoms with van der Waals surface area (Å²) >= 11 is 0. The highest BCUT2D eigenvalue weighted by molar-refractivity contribution is 7.89. The molecule has 1 saturated heterocycles. The van der Waals surface area contributed by atoms with Crippen LogP contribution in [0.15, 0.2) is 47.4 Å². The number of carbonyl (C=O) groups is 1. The molecule has 0 spiro atoms. The van der Waals surface area contributed by atoms with E-state index in [4.69, 9.17) is 14.7 Å². The van der Waals surface area contributed by atoms with Crippen molar-refractivity contribution in [2.24, 2.45) is 0 Å². The Labute approximate surface area is 189 Å². The van der Waals surface area contributed by atoms with Crippen LogP contribution in [0.3, 0.4) is 0 Å². The Morgan fingerprint density at radius 3 is 2.34 bits per heavy atom. The normalized spacial score (nSPS) is 14.5. The second kappa shape index (κ2) is 10.6. The molecule has 9 heteroatoms. The first kappa shape index (κ1) is 23.7. The minimum Gasteiger partial charge on any atom is -0.484 e. The van der Waals surface area contributed by atoms with Crippen LogP contribution >= 0.6 is 0 Å². The van der Waals surface area contributed by atoms with E-state index in [-0.39, 0.29) is 30.4 Å². The smallest absolute Gasteiger partial charge is 0.264 e. The van der Waals surface area contributed by atoms with Crippen LogP contribution in [0.1, 0.15) is 17.5 Å². The first-order valence-electron chi connectivity index (χ1n) is 10.4. The zero-order chi connectivity index (χ0) is 23.1. The molecule has 170 valence electrons. The number of nitriles is 1. The molecule has 0 aromatic heterocycles. The zero-order valence-electron chi connectivity index (χ0n) is 18.3. The van der Waals surface area contributed by atoms with Gasteiger partial charge in [0, 0.05) is 25.3 Å². The fraction of sp³-hybridized carbons (Fsp3) is 0.391. The Morgan fingerprint density at radius 1 is 1.12 bits per heavy atom. The molecule has 2 aromatic carbocycles. The number of sulfonamides is 1. The molecule has 32 heavy (non-hydrogen) atoms. The van der Waals surface area contributed by atoms with E-state index in [1.54, 1.807) is 4.90 Å². The van der Waals surface area contributed by atoms with Crippen molar-refractivity contribution in [3.05, 3.63) is 53.6 Å². The second-order valence-corrected chi connectivity index (χ2v) is 9.51. The van der Waals surface area contributed by atoms with Gasteiger partial charge in [-0.25, -0.2) is 8.42 Å². The summed E-state index contributed by atoms with van der Waals surface area (Å²) in [6.45, 7) is 5.35. The lowest BCUT2D eigenvalue weighted by molar-refractivity contribution is -0.120. The van der Waals surface area contributed by atoms with Crippen molar-refractivity contribution in [2.75, 3.05) is 44.4 Å². The van der Waals surface area contributed by atoms with Gasteiger partial charge in [-0.1, -0.05) is 6.07 Å². The van der Waals surface area contributed by atoms with Crippen molar-refractivity contribution < 1.29 is 22.7 Å². The Hall–Kier alpha value is -2.93. The second-order valence-electron chi connectivity index (χ2n) is 7.58. The Balaban J connectivity index is 1.67. The van der Waals surface area contributed by atoms with E-state index >= 15 is 0 Å². The average molecular weight is 458 g/mol. The van der Waals surface area contributed by atoms with E-state index in [0.29, 0.717) is 32.1 Å². The summed E-state index contributed by atoms with van der Waals surface area (Å²) in [6.07, 6.45) is 0.201. The number of aryl methyl sites for hydroxylation is 2. The van der Waals surface area contributed by atoms with Crippen molar-refractivity contribution in [3.63, 3.8) is 0 Å². The van der Waals surface area contributed by atoms with E-state index in [1.807, 2.05) is 32.0 Å². The monoisotopic (exact) mass is 457 g/mol. The molecule has 2 aromatic rings. The summed E-state index contributed by atoms with van der Waals surface area (Å²) in [6, 6.07) is 13.9. The fourth-order valence-corrected chi connectivity index (χ4v) is 4.94. The standard InChI is InChI=1S/C23H27N3O5S/c1-18-14-19(2)16-20(15-18)26(9-3-8-24)23(27)17-31-21-4-6-22(7-5-21)32(28,29)25-10-12-30-13-11-25/h4-7,14-16H,3,9-13,17H2,1-2H3. The molecular formula is C23H27N3O5S. The molecule has 1 aliphatic heterocycles. The molecule has 0 saturated carbocycles. The van der Waals surface area contributed by atoms with Crippen molar-refractivity contribution >= 4 is 21.6 Å². The predicted octanol–water partition coefficient (Wildman–Crippen LogP) is 2.65. The van der Waals surface area contributed by atoms with Gasteiger partial charge < -0.3 is 14.4 Å². The molecule has 8 nitrogen and oxygen atoms in total. The van der Waals surface area contributed by atoms with E-state index in [9.17, 15) is 13.2 Å². The van der Waals surface area contributed by atoms with Gasteiger partial charge in [0.15, 0.2) is 6.61 Å². The first-order valence-corrected chi connectivity index (χ1v) is 11.8. The van der Waals surface area contributed by atoms with E-state index in [0.717, 1.165) is 16.8 Å². The van der Waals surface area contributed by atoms with Crippen LogP contribution in [-0.4, -0.2) is 58.1 Å².